The molecule has 1 saturated carbocycles. The molecule has 3 N–H and O–H groups in total. The fraction of sp³-hybridized carbons (Fsp3) is 0.526. The van der Waals surface area contributed by atoms with Crippen molar-refractivity contribution in [1.82, 2.24) is 15.0 Å². The highest BCUT2D eigenvalue weighted by molar-refractivity contribution is 5.72. The molecule has 0 bridgehead atoms. The first-order chi connectivity index (χ1) is 12.7. The number of rotatable bonds is 7. The molecule has 26 heavy (non-hydrogen) atoms. The van der Waals surface area contributed by atoms with Crippen LogP contribution in [0.3, 0.4) is 0 Å². The molecule has 0 atom stereocenters. The van der Waals surface area contributed by atoms with E-state index in [1.807, 2.05) is 0 Å². The van der Waals surface area contributed by atoms with Crippen LogP contribution in [0.15, 0.2) is 24.4 Å². The van der Waals surface area contributed by atoms with Crippen LogP contribution in [0, 0.1) is 5.95 Å². The average Bonchev–Trinajstić information content (AvgIpc) is 2.64. The largest absolute Gasteiger partial charge is 0.393 e. The Morgan fingerprint density at radius 1 is 1.19 bits per heavy atom. The van der Waals surface area contributed by atoms with E-state index in [0.717, 1.165) is 45.1 Å². The fourth-order valence-electron chi connectivity index (χ4n) is 3.11. The predicted molar refractivity (Wildman–Crippen MR) is 101 cm³/mol. The summed E-state index contributed by atoms with van der Waals surface area (Å²) in [6.07, 6.45) is 6.90. The minimum absolute atomic E-state index is 0.214. The molecule has 0 aromatic carbocycles. The summed E-state index contributed by atoms with van der Waals surface area (Å²) in [7, 11) is 0. The van der Waals surface area contributed by atoms with Gasteiger partial charge in [0, 0.05) is 18.8 Å². The molecule has 2 aromatic heterocycles. The predicted octanol–water partition coefficient (Wildman–Crippen LogP) is 3.61. The number of hydrogen-bond donors (Lipinski definition) is 3. The molecule has 6 nitrogen and oxygen atoms in total. The number of nitrogens with zero attached hydrogens (tertiary/aromatic N) is 3. The van der Waals surface area contributed by atoms with Crippen LogP contribution in [0.25, 0.3) is 11.3 Å². The number of nitrogens with one attached hydrogen (secondary N) is 2. The molecule has 0 unspecified atom stereocenters. The maximum absolute atomic E-state index is 13.6. The Kier molecular flexibility index (Phi) is 6.33. The van der Waals surface area contributed by atoms with Gasteiger partial charge in [-0.2, -0.15) is 9.37 Å². The van der Waals surface area contributed by atoms with Crippen molar-refractivity contribution in [3.63, 3.8) is 0 Å². The molecule has 0 saturated heterocycles. The number of aliphatic hydroxyl groups is 1. The summed E-state index contributed by atoms with van der Waals surface area (Å²) in [6, 6.07) is 4.93. The van der Waals surface area contributed by atoms with E-state index in [1.54, 1.807) is 18.3 Å². The zero-order valence-electron chi connectivity index (χ0n) is 15.1. The minimum atomic E-state index is -0.528. The highest BCUT2D eigenvalue weighted by Crippen LogP contribution is 2.29. The van der Waals surface area contributed by atoms with E-state index in [9.17, 15) is 9.50 Å². The van der Waals surface area contributed by atoms with Gasteiger partial charge in [0.15, 0.2) is 0 Å². The molecule has 7 heteroatoms. The van der Waals surface area contributed by atoms with E-state index in [4.69, 9.17) is 0 Å². The normalized spacial score (nSPS) is 20.0. The second kappa shape index (κ2) is 8.89. The van der Waals surface area contributed by atoms with Crippen molar-refractivity contribution < 1.29 is 9.50 Å². The molecule has 0 aliphatic heterocycles. The van der Waals surface area contributed by atoms with Crippen molar-refractivity contribution in [3.05, 3.63) is 30.3 Å². The molecule has 140 valence electrons. The van der Waals surface area contributed by atoms with E-state index in [0.29, 0.717) is 23.0 Å². The van der Waals surface area contributed by atoms with Gasteiger partial charge in [0.25, 0.3) is 0 Å². The Hall–Kier alpha value is -2.28. The number of halogens is 1. The van der Waals surface area contributed by atoms with Crippen molar-refractivity contribution in [2.75, 3.05) is 17.2 Å². The van der Waals surface area contributed by atoms with Crippen molar-refractivity contribution in [2.24, 2.45) is 0 Å². The third-order valence-electron chi connectivity index (χ3n) is 4.63. The summed E-state index contributed by atoms with van der Waals surface area (Å²) in [4.78, 5) is 12.9. The van der Waals surface area contributed by atoms with Gasteiger partial charge in [0.05, 0.1) is 17.4 Å². The molecule has 0 spiro atoms. The summed E-state index contributed by atoms with van der Waals surface area (Å²) < 4.78 is 13.6. The number of anilines is 2. The van der Waals surface area contributed by atoms with E-state index in [1.165, 1.54) is 6.07 Å². The third kappa shape index (κ3) is 4.88. The van der Waals surface area contributed by atoms with Crippen LogP contribution in [-0.4, -0.2) is 38.7 Å². The maximum atomic E-state index is 13.6. The number of pyridine rings is 1. The molecule has 1 aliphatic carbocycles. The second-order valence-corrected chi connectivity index (χ2v) is 6.73. The number of aromatic nitrogens is 3. The summed E-state index contributed by atoms with van der Waals surface area (Å²) in [5, 5.41) is 16.4. The van der Waals surface area contributed by atoms with E-state index in [2.05, 4.69) is 32.5 Å². The van der Waals surface area contributed by atoms with Crippen LogP contribution in [-0.2, 0) is 0 Å². The van der Waals surface area contributed by atoms with Crippen LogP contribution in [0.4, 0.5) is 16.2 Å². The van der Waals surface area contributed by atoms with E-state index < -0.39 is 5.95 Å². The zero-order valence-corrected chi connectivity index (χ0v) is 15.1. The van der Waals surface area contributed by atoms with Gasteiger partial charge >= 0.3 is 0 Å². The fourth-order valence-corrected chi connectivity index (χ4v) is 3.11. The van der Waals surface area contributed by atoms with Gasteiger partial charge in [-0.25, -0.2) is 9.97 Å². The van der Waals surface area contributed by atoms with Gasteiger partial charge in [-0.1, -0.05) is 19.4 Å². The molecule has 0 radical (unpaired) electrons. The lowest BCUT2D eigenvalue weighted by Crippen LogP contribution is -2.29. The standard InChI is InChI=1S/C19H26FN5O/c1-2-3-11-21-19-22-12-15(16-5-4-6-17(20)24-16)18(25-19)23-13-7-9-14(26)10-8-13/h4-6,12-14,26H,2-3,7-11H2,1H3,(H2,21,22,23,25)/i20-1. The third-order valence-corrected chi connectivity index (χ3v) is 4.63. The van der Waals surface area contributed by atoms with E-state index >= 15 is 0 Å². The summed E-state index contributed by atoms with van der Waals surface area (Å²) in [5.41, 5.74) is 1.18. The monoisotopic (exact) mass is 358 g/mol. The highest BCUT2D eigenvalue weighted by Gasteiger charge is 2.21. The average molecular weight is 358 g/mol. The zero-order chi connectivity index (χ0) is 18.4. The lowest BCUT2D eigenvalue weighted by atomic mass is 9.93. The van der Waals surface area contributed by atoms with Gasteiger partial charge in [0.1, 0.15) is 5.82 Å². The SMILES string of the molecule is CCCCNc1ncc(-c2cccc([18F])n2)c(NC2CCC(O)CC2)n1. The number of aliphatic hydroxyl groups excluding tert-OH is 1. The molecule has 3 rings (SSSR count). The Balaban J connectivity index is 1.84. The van der Waals surface area contributed by atoms with Crippen molar-refractivity contribution in [3.8, 4) is 11.3 Å². The second-order valence-electron chi connectivity index (χ2n) is 6.73. The van der Waals surface area contributed by atoms with Crippen molar-refractivity contribution >= 4 is 11.8 Å². The van der Waals surface area contributed by atoms with Crippen LogP contribution in [0.2, 0.25) is 0 Å². The first-order valence-corrected chi connectivity index (χ1v) is 9.34. The Morgan fingerprint density at radius 2 is 2.00 bits per heavy atom. The van der Waals surface area contributed by atoms with Crippen LogP contribution >= 0.6 is 0 Å². The Labute approximate surface area is 153 Å². The Bertz CT molecular complexity index is 719. The molecule has 1 aliphatic rings. The van der Waals surface area contributed by atoms with Gasteiger partial charge in [-0.05, 0) is 44.2 Å². The first kappa shape index (κ1) is 18.5. The molecular weight excluding hydrogens is 332 g/mol. The topological polar surface area (TPSA) is 83.0 Å². The number of hydrogen-bond acceptors (Lipinski definition) is 6. The van der Waals surface area contributed by atoms with E-state index in [-0.39, 0.29) is 12.1 Å². The Morgan fingerprint density at radius 3 is 2.73 bits per heavy atom. The smallest absolute Gasteiger partial charge is 0.224 e. The van der Waals surface area contributed by atoms with Gasteiger partial charge in [-0.15, -0.1) is 0 Å². The first-order valence-electron chi connectivity index (χ1n) is 9.34. The summed E-state index contributed by atoms with van der Waals surface area (Å²) in [6.45, 7) is 2.94. The highest BCUT2D eigenvalue weighted by atomic mass is 18.2. The summed E-state index contributed by atoms with van der Waals surface area (Å²) in [5.74, 6) is 0.676. The van der Waals surface area contributed by atoms with Gasteiger partial charge in [0.2, 0.25) is 11.9 Å². The molecule has 2 heterocycles. The summed E-state index contributed by atoms with van der Waals surface area (Å²) >= 11 is 0. The quantitative estimate of drug-likeness (QED) is 0.518. The molecule has 2 aromatic rings. The molecule has 1 fully saturated rings. The lowest BCUT2D eigenvalue weighted by Gasteiger charge is -2.27. The maximum Gasteiger partial charge on any atom is 0.224 e. The van der Waals surface area contributed by atoms with Crippen LogP contribution < -0.4 is 10.6 Å². The lowest BCUT2D eigenvalue weighted by molar-refractivity contribution is 0.126. The van der Waals surface area contributed by atoms with Crippen LogP contribution in [0.1, 0.15) is 45.4 Å². The van der Waals surface area contributed by atoms with Gasteiger partial charge in [-0.3, -0.25) is 0 Å². The van der Waals surface area contributed by atoms with Crippen molar-refractivity contribution in [2.45, 2.75) is 57.6 Å². The van der Waals surface area contributed by atoms with Crippen molar-refractivity contribution in [1.29, 1.82) is 0 Å². The number of unbranched alkanes of at least 4 members (excludes halogenated alkanes) is 1. The van der Waals surface area contributed by atoms with Crippen LogP contribution in [0.5, 0.6) is 0 Å². The molecular formula is C19H26FN5O. The molecule has 0 amide bonds. The van der Waals surface area contributed by atoms with Gasteiger partial charge < -0.3 is 15.7 Å². The minimum Gasteiger partial charge on any atom is -0.393 e.